The number of aliphatic hydroxyl groups excluding tert-OH is 1. The summed E-state index contributed by atoms with van der Waals surface area (Å²) in [5, 5.41) is 9.29. The third-order valence-electron chi connectivity index (χ3n) is 4.53. The molecule has 4 nitrogen and oxygen atoms in total. The van der Waals surface area contributed by atoms with E-state index < -0.39 is 0 Å². The Hall–Kier alpha value is -0.610. The minimum Gasteiger partial charge on any atom is -0.394 e. The van der Waals surface area contributed by atoms with Gasteiger partial charge in [-0.05, 0) is 26.2 Å². The van der Waals surface area contributed by atoms with E-state index in [4.69, 9.17) is 4.74 Å². The molecule has 1 aliphatic carbocycles. The molecule has 1 amide bonds. The first-order valence-corrected chi connectivity index (χ1v) is 8.06. The van der Waals surface area contributed by atoms with Gasteiger partial charge < -0.3 is 14.7 Å². The minimum absolute atomic E-state index is 0.0180. The van der Waals surface area contributed by atoms with E-state index in [-0.39, 0.29) is 24.2 Å². The summed E-state index contributed by atoms with van der Waals surface area (Å²) in [5.41, 5.74) is -0.355. The summed E-state index contributed by atoms with van der Waals surface area (Å²) in [6.07, 6.45) is 8.05. The number of carbonyl (C=O) groups is 1. The van der Waals surface area contributed by atoms with Crippen molar-refractivity contribution in [2.45, 2.75) is 70.5 Å². The van der Waals surface area contributed by atoms with Gasteiger partial charge in [-0.1, -0.05) is 32.1 Å². The van der Waals surface area contributed by atoms with Gasteiger partial charge in [0.05, 0.1) is 18.3 Å². The van der Waals surface area contributed by atoms with Crippen LogP contribution in [0.25, 0.3) is 0 Å². The van der Waals surface area contributed by atoms with Crippen LogP contribution < -0.4 is 0 Å². The molecule has 0 radical (unpaired) electrons. The van der Waals surface area contributed by atoms with Gasteiger partial charge in [-0.25, -0.2) is 0 Å². The summed E-state index contributed by atoms with van der Waals surface area (Å²) in [7, 11) is 0. The predicted octanol–water partition coefficient (Wildman–Crippen LogP) is 2.35. The Labute approximate surface area is 122 Å². The zero-order valence-electron chi connectivity index (χ0n) is 12.9. The second-order valence-corrected chi connectivity index (χ2v) is 7.00. The first kappa shape index (κ1) is 15.8. The van der Waals surface area contributed by atoms with E-state index in [1.165, 1.54) is 32.1 Å². The van der Waals surface area contributed by atoms with Gasteiger partial charge in [0, 0.05) is 19.5 Å². The number of nitrogens with zero attached hydrogens (tertiary/aromatic N) is 1. The molecular formula is C16H29NO3. The van der Waals surface area contributed by atoms with Crippen LogP contribution in [0.4, 0.5) is 0 Å². The van der Waals surface area contributed by atoms with Crippen molar-refractivity contribution in [2.75, 3.05) is 19.7 Å². The zero-order valence-corrected chi connectivity index (χ0v) is 12.9. The van der Waals surface area contributed by atoms with Crippen LogP contribution in [0.3, 0.4) is 0 Å². The van der Waals surface area contributed by atoms with Crippen LogP contribution in [0.2, 0.25) is 0 Å². The van der Waals surface area contributed by atoms with Crippen LogP contribution in [0, 0.1) is 5.92 Å². The first-order chi connectivity index (χ1) is 9.50. The number of carbonyl (C=O) groups excluding carboxylic acids is 1. The summed E-state index contributed by atoms with van der Waals surface area (Å²) in [6, 6.07) is 0. The van der Waals surface area contributed by atoms with E-state index in [0.717, 1.165) is 12.3 Å². The molecule has 116 valence electrons. The van der Waals surface area contributed by atoms with Crippen molar-refractivity contribution in [3.05, 3.63) is 0 Å². The summed E-state index contributed by atoms with van der Waals surface area (Å²) < 4.78 is 5.75. The standard InChI is InChI=1S/C16H29NO3/c1-16(2)12-17(10-14(11-18)20-16)15(19)9-8-13-6-4-3-5-7-13/h13-14,18H,3-12H2,1-2H3. The Kier molecular flexibility index (Phi) is 5.44. The molecule has 2 aliphatic rings. The second-order valence-electron chi connectivity index (χ2n) is 7.00. The fraction of sp³-hybridized carbons (Fsp3) is 0.938. The Bertz CT molecular complexity index is 324. The van der Waals surface area contributed by atoms with Crippen molar-refractivity contribution in [3.63, 3.8) is 0 Å². The molecule has 1 saturated carbocycles. The molecule has 0 aromatic heterocycles. The molecule has 0 spiro atoms. The summed E-state index contributed by atoms with van der Waals surface area (Å²) in [4.78, 5) is 14.3. The van der Waals surface area contributed by atoms with Crippen molar-refractivity contribution in [3.8, 4) is 0 Å². The maximum Gasteiger partial charge on any atom is 0.222 e. The average Bonchev–Trinajstić information content (AvgIpc) is 2.44. The van der Waals surface area contributed by atoms with Gasteiger partial charge in [-0.3, -0.25) is 4.79 Å². The van der Waals surface area contributed by atoms with E-state index >= 15 is 0 Å². The lowest BCUT2D eigenvalue weighted by atomic mass is 9.86. The fourth-order valence-corrected chi connectivity index (χ4v) is 3.54. The van der Waals surface area contributed by atoms with Gasteiger partial charge in [0.25, 0.3) is 0 Å². The van der Waals surface area contributed by atoms with Crippen molar-refractivity contribution < 1.29 is 14.6 Å². The third-order valence-corrected chi connectivity index (χ3v) is 4.53. The van der Waals surface area contributed by atoms with E-state index in [1.54, 1.807) is 0 Å². The van der Waals surface area contributed by atoms with Gasteiger partial charge in [0.15, 0.2) is 0 Å². The highest BCUT2D eigenvalue weighted by Crippen LogP contribution is 2.28. The number of morpholine rings is 1. The predicted molar refractivity (Wildman–Crippen MR) is 78.4 cm³/mol. The van der Waals surface area contributed by atoms with Crippen LogP contribution in [0.5, 0.6) is 0 Å². The van der Waals surface area contributed by atoms with Crippen LogP contribution in [0.1, 0.15) is 58.8 Å². The Morgan fingerprint density at radius 1 is 1.30 bits per heavy atom. The lowest BCUT2D eigenvalue weighted by Gasteiger charge is -2.42. The minimum atomic E-state index is -0.355. The van der Waals surface area contributed by atoms with Gasteiger partial charge >= 0.3 is 0 Å². The van der Waals surface area contributed by atoms with Crippen LogP contribution in [-0.4, -0.2) is 47.3 Å². The maximum atomic E-state index is 12.4. The summed E-state index contributed by atoms with van der Waals surface area (Å²) in [6.45, 7) is 5.11. The summed E-state index contributed by atoms with van der Waals surface area (Å²) in [5.74, 6) is 0.973. The number of amides is 1. The number of hydrogen-bond donors (Lipinski definition) is 1. The molecule has 1 unspecified atom stereocenters. The molecule has 2 fully saturated rings. The molecular weight excluding hydrogens is 254 g/mol. The largest absolute Gasteiger partial charge is 0.394 e. The van der Waals surface area contributed by atoms with Crippen molar-refractivity contribution in [1.82, 2.24) is 4.90 Å². The highest BCUT2D eigenvalue weighted by atomic mass is 16.5. The van der Waals surface area contributed by atoms with Crippen LogP contribution >= 0.6 is 0 Å². The zero-order chi connectivity index (χ0) is 14.6. The molecule has 20 heavy (non-hydrogen) atoms. The van der Waals surface area contributed by atoms with Crippen LogP contribution in [0.15, 0.2) is 0 Å². The van der Waals surface area contributed by atoms with Crippen molar-refractivity contribution in [2.24, 2.45) is 5.92 Å². The Morgan fingerprint density at radius 3 is 2.65 bits per heavy atom. The lowest BCUT2D eigenvalue weighted by Crippen LogP contribution is -2.55. The Balaban J connectivity index is 1.81. The molecule has 1 N–H and O–H groups in total. The molecule has 0 aromatic carbocycles. The SMILES string of the molecule is CC1(C)CN(C(=O)CCC2CCCCC2)CC(CO)O1. The van der Waals surface area contributed by atoms with E-state index in [2.05, 4.69) is 0 Å². The Morgan fingerprint density at radius 2 is 2.00 bits per heavy atom. The van der Waals surface area contributed by atoms with Crippen LogP contribution in [-0.2, 0) is 9.53 Å². The monoisotopic (exact) mass is 283 g/mol. The van der Waals surface area contributed by atoms with E-state index in [1.807, 2.05) is 18.7 Å². The summed E-state index contributed by atoms with van der Waals surface area (Å²) >= 11 is 0. The van der Waals surface area contributed by atoms with Gasteiger partial charge in [-0.15, -0.1) is 0 Å². The maximum absolute atomic E-state index is 12.4. The van der Waals surface area contributed by atoms with Gasteiger partial charge in [-0.2, -0.15) is 0 Å². The highest BCUT2D eigenvalue weighted by Gasteiger charge is 2.35. The third kappa shape index (κ3) is 4.45. The molecule has 1 saturated heterocycles. The molecule has 4 heteroatoms. The molecule has 0 bridgehead atoms. The highest BCUT2D eigenvalue weighted by molar-refractivity contribution is 5.76. The van der Waals surface area contributed by atoms with Crippen molar-refractivity contribution in [1.29, 1.82) is 0 Å². The number of ether oxygens (including phenoxy) is 1. The molecule has 1 heterocycles. The van der Waals surface area contributed by atoms with Crippen molar-refractivity contribution >= 4 is 5.91 Å². The fourth-order valence-electron chi connectivity index (χ4n) is 3.54. The first-order valence-electron chi connectivity index (χ1n) is 8.06. The smallest absolute Gasteiger partial charge is 0.222 e. The van der Waals surface area contributed by atoms with E-state index in [9.17, 15) is 9.90 Å². The quantitative estimate of drug-likeness (QED) is 0.861. The molecule has 1 aliphatic heterocycles. The number of hydrogen-bond acceptors (Lipinski definition) is 3. The number of rotatable bonds is 4. The lowest BCUT2D eigenvalue weighted by molar-refractivity contribution is -0.167. The molecule has 2 rings (SSSR count). The molecule has 1 atom stereocenters. The second kappa shape index (κ2) is 6.90. The van der Waals surface area contributed by atoms with Gasteiger partial charge in [0.1, 0.15) is 0 Å². The average molecular weight is 283 g/mol. The number of aliphatic hydroxyl groups is 1. The van der Waals surface area contributed by atoms with Gasteiger partial charge in [0.2, 0.25) is 5.91 Å². The van der Waals surface area contributed by atoms with E-state index in [0.29, 0.717) is 19.5 Å². The topological polar surface area (TPSA) is 49.8 Å². The normalized spacial score (nSPS) is 27.6. The molecule has 0 aromatic rings.